The molecule has 1 aliphatic heterocycles. The molecular formula is C15H23FN2O2S. The molecule has 1 saturated heterocycles. The first-order valence-corrected chi connectivity index (χ1v) is 8.86. The SMILES string of the molecule is CCCC1CCN(S(=O)(=O)c2cc(C)c(F)c(N)c2)CC1. The summed E-state index contributed by atoms with van der Waals surface area (Å²) < 4.78 is 40.3. The van der Waals surface area contributed by atoms with Crippen LogP contribution in [0.1, 0.15) is 38.2 Å². The van der Waals surface area contributed by atoms with E-state index in [1.165, 1.54) is 23.4 Å². The molecule has 1 aromatic carbocycles. The van der Waals surface area contributed by atoms with E-state index in [0.29, 0.717) is 19.0 Å². The number of aryl methyl sites for hydroxylation is 1. The minimum absolute atomic E-state index is 0.0906. The molecule has 1 aliphatic rings. The molecule has 1 aromatic rings. The highest BCUT2D eigenvalue weighted by atomic mass is 32.2. The van der Waals surface area contributed by atoms with E-state index < -0.39 is 15.8 Å². The molecule has 2 N–H and O–H groups in total. The highest BCUT2D eigenvalue weighted by Gasteiger charge is 2.29. The Bertz CT molecular complexity index is 585. The molecule has 2 rings (SSSR count). The standard InChI is InChI=1S/C15H23FN2O2S/c1-3-4-12-5-7-18(8-6-12)21(19,20)13-9-11(2)15(16)14(17)10-13/h9-10,12H,3-8,17H2,1-2H3. The van der Waals surface area contributed by atoms with E-state index in [2.05, 4.69) is 6.92 Å². The van der Waals surface area contributed by atoms with Crippen LogP contribution in [0.5, 0.6) is 0 Å². The zero-order valence-corrected chi connectivity index (χ0v) is 13.4. The van der Waals surface area contributed by atoms with Gasteiger partial charge in [-0.1, -0.05) is 19.8 Å². The van der Waals surface area contributed by atoms with Crippen molar-refractivity contribution in [2.75, 3.05) is 18.8 Å². The van der Waals surface area contributed by atoms with E-state index >= 15 is 0 Å². The second kappa shape index (κ2) is 6.32. The Morgan fingerprint density at radius 1 is 1.33 bits per heavy atom. The lowest BCUT2D eigenvalue weighted by Gasteiger charge is -2.31. The number of hydrogen-bond acceptors (Lipinski definition) is 3. The average Bonchev–Trinajstić information content (AvgIpc) is 2.45. The van der Waals surface area contributed by atoms with Gasteiger partial charge in [0.25, 0.3) is 0 Å². The van der Waals surface area contributed by atoms with Crippen LogP contribution in [0, 0.1) is 18.7 Å². The Balaban J connectivity index is 2.20. The highest BCUT2D eigenvalue weighted by Crippen LogP contribution is 2.28. The predicted octanol–water partition coefficient (Wildman–Crippen LogP) is 2.92. The molecular weight excluding hydrogens is 291 g/mol. The molecule has 0 atom stereocenters. The van der Waals surface area contributed by atoms with E-state index in [-0.39, 0.29) is 16.1 Å². The van der Waals surface area contributed by atoms with Gasteiger partial charge in [0.2, 0.25) is 10.0 Å². The maximum absolute atomic E-state index is 13.5. The van der Waals surface area contributed by atoms with Crippen LogP contribution < -0.4 is 5.73 Å². The molecule has 118 valence electrons. The summed E-state index contributed by atoms with van der Waals surface area (Å²) in [5.41, 5.74) is 5.69. The van der Waals surface area contributed by atoms with Crippen molar-refractivity contribution in [2.45, 2.75) is 44.4 Å². The molecule has 0 aromatic heterocycles. The molecule has 1 fully saturated rings. The van der Waals surface area contributed by atoms with Crippen LogP contribution in [0.3, 0.4) is 0 Å². The lowest BCUT2D eigenvalue weighted by Crippen LogP contribution is -2.38. The summed E-state index contributed by atoms with van der Waals surface area (Å²) in [6.07, 6.45) is 4.06. The average molecular weight is 314 g/mol. The monoisotopic (exact) mass is 314 g/mol. The van der Waals surface area contributed by atoms with Gasteiger partial charge in [0.05, 0.1) is 10.6 Å². The van der Waals surface area contributed by atoms with Crippen molar-refractivity contribution in [3.63, 3.8) is 0 Å². The topological polar surface area (TPSA) is 63.4 Å². The fraction of sp³-hybridized carbons (Fsp3) is 0.600. The molecule has 0 radical (unpaired) electrons. The number of benzene rings is 1. The van der Waals surface area contributed by atoms with Crippen LogP contribution in [0.4, 0.5) is 10.1 Å². The van der Waals surface area contributed by atoms with E-state index in [1.807, 2.05) is 0 Å². The zero-order valence-electron chi connectivity index (χ0n) is 12.6. The first-order valence-electron chi connectivity index (χ1n) is 7.42. The zero-order chi connectivity index (χ0) is 15.6. The van der Waals surface area contributed by atoms with E-state index in [0.717, 1.165) is 25.7 Å². The molecule has 6 heteroatoms. The van der Waals surface area contributed by atoms with Gasteiger partial charge in [0.1, 0.15) is 5.82 Å². The number of rotatable bonds is 4. The number of nitrogens with two attached hydrogens (primary N) is 1. The van der Waals surface area contributed by atoms with E-state index in [1.54, 1.807) is 0 Å². The third-order valence-electron chi connectivity index (χ3n) is 4.16. The number of piperidine rings is 1. The van der Waals surface area contributed by atoms with Crippen LogP contribution in [0.2, 0.25) is 0 Å². The number of nitrogen functional groups attached to an aromatic ring is 1. The summed E-state index contributed by atoms with van der Waals surface area (Å²) in [7, 11) is -3.58. The summed E-state index contributed by atoms with van der Waals surface area (Å²) in [5.74, 6) is 0.0667. The smallest absolute Gasteiger partial charge is 0.243 e. The number of hydrogen-bond donors (Lipinski definition) is 1. The normalized spacial score (nSPS) is 18.0. The van der Waals surface area contributed by atoms with Crippen molar-refractivity contribution in [1.29, 1.82) is 0 Å². The third-order valence-corrected chi connectivity index (χ3v) is 6.04. The molecule has 0 aliphatic carbocycles. The summed E-state index contributed by atoms with van der Waals surface area (Å²) in [6.45, 7) is 4.73. The Morgan fingerprint density at radius 3 is 2.48 bits per heavy atom. The Labute approximate surface area is 126 Å². The summed E-state index contributed by atoms with van der Waals surface area (Å²) in [4.78, 5) is 0.0906. The van der Waals surface area contributed by atoms with Crippen LogP contribution in [-0.2, 0) is 10.0 Å². The van der Waals surface area contributed by atoms with Crippen LogP contribution in [-0.4, -0.2) is 25.8 Å². The maximum atomic E-state index is 13.5. The third kappa shape index (κ3) is 3.37. The second-order valence-corrected chi connectivity index (χ2v) is 7.72. The van der Waals surface area contributed by atoms with Gasteiger partial charge in [-0.2, -0.15) is 4.31 Å². The molecule has 4 nitrogen and oxygen atoms in total. The molecule has 0 saturated carbocycles. The Hall–Kier alpha value is -1.14. The van der Waals surface area contributed by atoms with Crippen LogP contribution in [0.25, 0.3) is 0 Å². The second-order valence-electron chi connectivity index (χ2n) is 5.78. The highest BCUT2D eigenvalue weighted by molar-refractivity contribution is 7.89. The van der Waals surface area contributed by atoms with Gasteiger partial charge in [-0.25, -0.2) is 12.8 Å². The number of sulfonamides is 1. The van der Waals surface area contributed by atoms with Crippen molar-refractivity contribution in [2.24, 2.45) is 5.92 Å². The van der Waals surface area contributed by atoms with Gasteiger partial charge in [0, 0.05) is 13.1 Å². The van der Waals surface area contributed by atoms with Crippen molar-refractivity contribution in [1.82, 2.24) is 4.31 Å². The van der Waals surface area contributed by atoms with E-state index in [9.17, 15) is 12.8 Å². The van der Waals surface area contributed by atoms with Crippen molar-refractivity contribution in [3.8, 4) is 0 Å². The van der Waals surface area contributed by atoms with E-state index in [4.69, 9.17) is 5.73 Å². The molecule has 1 heterocycles. The van der Waals surface area contributed by atoms with Gasteiger partial charge in [0.15, 0.2) is 0 Å². The summed E-state index contributed by atoms with van der Waals surface area (Å²) in [5, 5.41) is 0. The van der Waals surface area contributed by atoms with Crippen LogP contribution in [0.15, 0.2) is 17.0 Å². The predicted molar refractivity (Wildman–Crippen MR) is 81.9 cm³/mol. The Morgan fingerprint density at radius 2 is 1.95 bits per heavy atom. The molecule has 0 spiro atoms. The van der Waals surface area contributed by atoms with Gasteiger partial charge in [-0.05, 0) is 43.4 Å². The lowest BCUT2D eigenvalue weighted by molar-refractivity contribution is 0.262. The maximum Gasteiger partial charge on any atom is 0.243 e. The largest absolute Gasteiger partial charge is 0.396 e. The van der Waals surface area contributed by atoms with Crippen molar-refractivity contribution < 1.29 is 12.8 Å². The fourth-order valence-corrected chi connectivity index (χ4v) is 4.50. The quantitative estimate of drug-likeness (QED) is 0.869. The van der Waals surface area contributed by atoms with Crippen molar-refractivity contribution >= 4 is 15.7 Å². The first kappa shape index (κ1) is 16.2. The van der Waals surface area contributed by atoms with Gasteiger partial charge < -0.3 is 5.73 Å². The van der Waals surface area contributed by atoms with Gasteiger partial charge in [-0.3, -0.25) is 0 Å². The number of anilines is 1. The van der Waals surface area contributed by atoms with Gasteiger partial charge in [-0.15, -0.1) is 0 Å². The molecule has 0 bridgehead atoms. The minimum Gasteiger partial charge on any atom is -0.396 e. The molecule has 0 amide bonds. The fourth-order valence-electron chi connectivity index (χ4n) is 2.91. The summed E-state index contributed by atoms with van der Waals surface area (Å²) in [6, 6.07) is 2.58. The number of halogens is 1. The first-order chi connectivity index (χ1) is 9.86. The minimum atomic E-state index is -3.58. The Kier molecular flexibility index (Phi) is 4.88. The lowest BCUT2D eigenvalue weighted by atomic mass is 9.94. The molecule has 21 heavy (non-hydrogen) atoms. The van der Waals surface area contributed by atoms with Crippen LogP contribution >= 0.6 is 0 Å². The van der Waals surface area contributed by atoms with Gasteiger partial charge >= 0.3 is 0 Å². The molecule has 0 unspecified atom stereocenters. The van der Waals surface area contributed by atoms with Crippen molar-refractivity contribution in [3.05, 3.63) is 23.5 Å². The summed E-state index contributed by atoms with van der Waals surface area (Å²) >= 11 is 0. The number of nitrogens with zero attached hydrogens (tertiary/aromatic N) is 1.